The first-order chi connectivity index (χ1) is 13.7. The van der Waals surface area contributed by atoms with Crippen LogP contribution in [0.3, 0.4) is 0 Å². The predicted molar refractivity (Wildman–Crippen MR) is 109 cm³/mol. The van der Waals surface area contributed by atoms with Crippen molar-refractivity contribution >= 4 is 17.2 Å². The zero-order valence-electron chi connectivity index (χ0n) is 15.5. The molecular weight excluding hydrogens is 372 g/mol. The standard InChI is InChI=1S/C21H20N4O2S/c1-15-7-8-19(27-15)21-24-17(14-28-21)11-20(26)22-10-9-16-12-23-25(13-16)18-5-3-2-4-6-18/h2-8,12-14H,9-11H2,1H3,(H,22,26). The van der Waals surface area contributed by atoms with Crippen molar-refractivity contribution in [2.24, 2.45) is 0 Å². The molecule has 142 valence electrons. The fourth-order valence-electron chi connectivity index (χ4n) is 2.84. The maximum absolute atomic E-state index is 12.2. The van der Waals surface area contributed by atoms with Crippen molar-refractivity contribution < 1.29 is 9.21 Å². The first kappa shape index (κ1) is 18.2. The number of hydrogen-bond donors (Lipinski definition) is 1. The molecule has 1 amide bonds. The SMILES string of the molecule is Cc1ccc(-c2nc(CC(=O)NCCc3cnn(-c4ccccc4)c3)cs2)o1. The van der Waals surface area contributed by atoms with E-state index in [1.54, 1.807) is 0 Å². The van der Waals surface area contributed by atoms with E-state index in [0.29, 0.717) is 6.54 Å². The molecular formula is C21H20N4O2S. The third-order valence-corrected chi connectivity index (χ3v) is 5.14. The van der Waals surface area contributed by atoms with Crippen molar-refractivity contribution in [3.63, 3.8) is 0 Å². The van der Waals surface area contributed by atoms with Gasteiger partial charge in [0.2, 0.25) is 5.91 Å². The van der Waals surface area contributed by atoms with E-state index in [-0.39, 0.29) is 12.3 Å². The summed E-state index contributed by atoms with van der Waals surface area (Å²) >= 11 is 1.48. The first-order valence-corrected chi connectivity index (χ1v) is 9.92. The van der Waals surface area contributed by atoms with Gasteiger partial charge >= 0.3 is 0 Å². The molecule has 6 nitrogen and oxygen atoms in total. The van der Waals surface area contributed by atoms with Gasteiger partial charge < -0.3 is 9.73 Å². The molecule has 0 saturated carbocycles. The van der Waals surface area contributed by atoms with Gasteiger partial charge in [-0.05, 0) is 43.2 Å². The summed E-state index contributed by atoms with van der Waals surface area (Å²) in [7, 11) is 0. The monoisotopic (exact) mass is 392 g/mol. The number of aryl methyl sites for hydroxylation is 1. The van der Waals surface area contributed by atoms with Crippen LogP contribution in [0.15, 0.2) is 64.7 Å². The highest BCUT2D eigenvalue weighted by Crippen LogP contribution is 2.25. The number of para-hydroxylation sites is 1. The van der Waals surface area contributed by atoms with E-state index in [1.807, 2.05) is 71.8 Å². The number of rotatable bonds is 7. The normalized spacial score (nSPS) is 10.9. The zero-order chi connectivity index (χ0) is 19.3. The Hall–Kier alpha value is -3.19. The zero-order valence-corrected chi connectivity index (χ0v) is 16.3. The average molecular weight is 392 g/mol. The second kappa shape index (κ2) is 8.22. The second-order valence-corrected chi connectivity index (χ2v) is 7.32. The predicted octanol–water partition coefficient (Wildman–Crippen LogP) is 3.80. The van der Waals surface area contributed by atoms with Crippen LogP contribution in [0.25, 0.3) is 16.5 Å². The van der Waals surface area contributed by atoms with Crippen molar-refractivity contribution in [1.82, 2.24) is 20.1 Å². The Morgan fingerprint density at radius 3 is 2.86 bits per heavy atom. The number of furan rings is 1. The maximum atomic E-state index is 12.2. The number of benzene rings is 1. The van der Waals surface area contributed by atoms with Crippen LogP contribution in [-0.4, -0.2) is 27.2 Å². The van der Waals surface area contributed by atoms with Crippen LogP contribution >= 0.6 is 11.3 Å². The Morgan fingerprint density at radius 2 is 2.07 bits per heavy atom. The fraction of sp³-hybridized carbons (Fsp3) is 0.190. The first-order valence-electron chi connectivity index (χ1n) is 9.04. The minimum Gasteiger partial charge on any atom is -0.459 e. The number of hydrogen-bond acceptors (Lipinski definition) is 5. The van der Waals surface area contributed by atoms with Gasteiger partial charge in [0.05, 0.1) is 24.0 Å². The molecule has 0 radical (unpaired) electrons. The largest absolute Gasteiger partial charge is 0.459 e. The lowest BCUT2D eigenvalue weighted by Gasteiger charge is -2.03. The lowest BCUT2D eigenvalue weighted by atomic mass is 10.2. The number of amides is 1. The van der Waals surface area contributed by atoms with E-state index >= 15 is 0 Å². The summed E-state index contributed by atoms with van der Waals surface area (Å²) in [6.45, 7) is 2.46. The molecule has 0 atom stereocenters. The van der Waals surface area contributed by atoms with E-state index in [1.165, 1.54) is 11.3 Å². The molecule has 1 N–H and O–H groups in total. The second-order valence-electron chi connectivity index (χ2n) is 6.46. The molecule has 0 unspecified atom stereocenters. The summed E-state index contributed by atoms with van der Waals surface area (Å²) in [6, 6.07) is 13.7. The third kappa shape index (κ3) is 4.37. The van der Waals surface area contributed by atoms with Gasteiger partial charge in [-0.3, -0.25) is 4.79 Å². The summed E-state index contributed by atoms with van der Waals surface area (Å²) in [5.74, 6) is 1.55. The fourth-order valence-corrected chi connectivity index (χ4v) is 3.61. The molecule has 7 heteroatoms. The molecule has 0 fully saturated rings. The highest BCUT2D eigenvalue weighted by Gasteiger charge is 2.11. The Labute approximate surface area is 166 Å². The molecule has 28 heavy (non-hydrogen) atoms. The molecule has 4 rings (SSSR count). The lowest BCUT2D eigenvalue weighted by Crippen LogP contribution is -2.27. The van der Waals surface area contributed by atoms with Crippen molar-refractivity contribution in [3.05, 3.63) is 77.3 Å². The van der Waals surface area contributed by atoms with E-state index < -0.39 is 0 Å². The molecule has 0 bridgehead atoms. The van der Waals surface area contributed by atoms with Crippen LogP contribution in [0.4, 0.5) is 0 Å². The highest BCUT2D eigenvalue weighted by atomic mass is 32.1. The third-order valence-electron chi connectivity index (χ3n) is 4.24. The van der Waals surface area contributed by atoms with Crippen molar-refractivity contribution in [3.8, 4) is 16.5 Å². The minimum absolute atomic E-state index is 0.0390. The van der Waals surface area contributed by atoms with Crippen LogP contribution in [0.2, 0.25) is 0 Å². The van der Waals surface area contributed by atoms with Crippen LogP contribution in [0.1, 0.15) is 17.0 Å². The van der Waals surface area contributed by atoms with E-state index in [4.69, 9.17) is 4.42 Å². The van der Waals surface area contributed by atoms with Crippen LogP contribution in [-0.2, 0) is 17.6 Å². The molecule has 0 spiro atoms. The van der Waals surface area contributed by atoms with Gasteiger partial charge in [-0.15, -0.1) is 11.3 Å². The van der Waals surface area contributed by atoms with Crippen molar-refractivity contribution in [2.45, 2.75) is 19.8 Å². The Bertz CT molecular complexity index is 1060. The molecule has 0 saturated heterocycles. The summed E-state index contributed by atoms with van der Waals surface area (Å²) in [5.41, 5.74) is 2.85. The molecule has 1 aromatic carbocycles. The van der Waals surface area contributed by atoms with Gasteiger partial charge in [0.15, 0.2) is 10.8 Å². The Morgan fingerprint density at radius 1 is 1.21 bits per heavy atom. The molecule has 0 aliphatic rings. The number of aromatic nitrogens is 3. The minimum atomic E-state index is -0.0390. The van der Waals surface area contributed by atoms with Crippen molar-refractivity contribution in [2.75, 3.05) is 6.54 Å². The topological polar surface area (TPSA) is 73.0 Å². The van der Waals surface area contributed by atoms with E-state index in [2.05, 4.69) is 15.4 Å². The smallest absolute Gasteiger partial charge is 0.226 e. The van der Waals surface area contributed by atoms with Gasteiger partial charge in [0.1, 0.15) is 5.76 Å². The number of nitrogens with zero attached hydrogens (tertiary/aromatic N) is 3. The number of carbonyl (C=O) groups is 1. The van der Waals surface area contributed by atoms with Crippen LogP contribution < -0.4 is 5.32 Å². The average Bonchev–Trinajstić information content (AvgIpc) is 3.44. The lowest BCUT2D eigenvalue weighted by molar-refractivity contribution is -0.120. The summed E-state index contributed by atoms with van der Waals surface area (Å²) < 4.78 is 7.41. The maximum Gasteiger partial charge on any atom is 0.226 e. The van der Waals surface area contributed by atoms with Gasteiger partial charge in [-0.2, -0.15) is 5.10 Å². The Balaban J connectivity index is 1.26. The van der Waals surface area contributed by atoms with Gasteiger partial charge in [-0.25, -0.2) is 9.67 Å². The molecule has 3 heterocycles. The summed E-state index contributed by atoms with van der Waals surface area (Å²) in [4.78, 5) is 16.7. The summed E-state index contributed by atoms with van der Waals surface area (Å²) in [5, 5.41) is 10.0. The van der Waals surface area contributed by atoms with Gasteiger partial charge in [-0.1, -0.05) is 18.2 Å². The quantitative estimate of drug-likeness (QED) is 0.519. The summed E-state index contributed by atoms with van der Waals surface area (Å²) in [6.07, 6.45) is 4.81. The molecule has 0 aliphatic carbocycles. The van der Waals surface area contributed by atoms with Gasteiger partial charge in [0.25, 0.3) is 0 Å². The molecule has 0 aliphatic heterocycles. The Kier molecular flexibility index (Phi) is 5.34. The number of nitrogens with one attached hydrogen (secondary N) is 1. The van der Waals surface area contributed by atoms with Crippen LogP contribution in [0.5, 0.6) is 0 Å². The van der Waals surface area contributed by atoms with Crippen LogP contribution in [0, 0.1) is 6.92 Å². The molecule has 3 aromatic heterocycles. The highest BCUT2D eigenvalue weighted by molar-refractivity contribution is 7.13. The van der Waals surface area contributed by atoms with Gasteiger partial charge in [0, 0.05) is 18.1 Å². The number of carbonyl (C=O) groups excluding carboxylic acids is 1. The number of thiazole rings is 1. The van der Waals surface area contributed by atoms with E-state index in [9.17, 15) is 4.79 Å². The van der Waals surface area contributed by atoms with E-state index in [0.717, 1.165) is 39.9 Å². The molecule has 4 aromatic rings. The van der Waals surface area contributed by atoms with Crippen molar-refractivity contribution in [1.29, 1.82) is 0 Å².